The van der Waals surface area contributed by atoms with Crippen LogP contribution in [0.4, 0.5) is 5.95 Å². The molecule has 0 amide bonds. The molecule has 0 aliphatic heterocycles. The van der Waals surface area contributed by atoms with Gasteiger partial charge in [0.1, 0.15) is 17.4 Å². The Labute approximate surface area is 106 Å². The number of nitrogens with two attached hydrogens (primary N) is 1. The average Bonchev–Trinajstić information content (AvgIpc) is 2.38. The van der Waals surface area contributed by atoms with Crippen LogP contribution in [0.5, 0.6) is 5.75 Å². The van der Waals surface area contributed by atoms with Crippen LogP contribution in [-0.4, -0.2) is 22.1 Å². The van der Waals surface area contributed by atoms with E-state index in [1.807, 2.05) is 31.2 Å². The third-order valence-corrected chi connectivity index (χ3v) is 2.60. The van der Waals surface area contributed by atoms with E-state index in [0.29, 0.717) is 18.1 Å². The number of para-hydroxylation sites is 1. The normalized spacial score (nSPS) is 10.3. The molecule has 0 atom stereocenters. The van der Waals surface area contributed by atoms with Crippen molar-refractivity contribution in [3.05, 3.63) is 41.5 Å². The molecule has 0 radical (unpaired) electrons. The Morgan fingerprint density at radius 3 is 2.56 bits per heavy atom. The van der Waals surface area contributed by atoms with Crippen LogP contribution in [0.2, 0.25) is 0 Å². The van der Waals surface area contributed by atoms with Crippen molar-refractivity contribution in [3.8, 4) is 5.75 Å². The highest BCUT2D eigenvalue weighted by atomic mass is 16.5. The van der Waals surface area contributed by atoms with E-state index in [2.05, 4.69) is 15.0 Å². The summed E-state index contributed by atoms with van der Waals surface area (Å²) in [5.41, 5.74) is 6.70. The summed E-state index contributed by atoms with van der Waals surface area (Å²) in [7, 11) is 1.65. The zero-order chi connectivity index (χ0) is 13.0. The molecule has 94 valence electrons. The first-order chi connectivity index (χ1) is 8.72. The van der Waals surface area contributed by atoms with E-state index in [4.69, 9.17) is 10.5 Å². The second-order valence-electron chi connectivity index (χ2n) is 3.87. The predicted molar refractivity (Wildman–Crippen MR) is 69.4 cm³/mol. The van der Waals surface area contributed by atoms with Crippen molar-refractivity contribution >= 4 is 5.95 Å². The van der Waals surface area contributed by atoms with Crippen LogP contribution in [0.3, 0.4) is 0 Å². The van der Waals surface area contributed by atoms with Gasteiger partial charge in [-0.3, -0.25) is 0 Å². The first-order valence-corrected chi connectivity index (χ1v) is 5.84. The van der Waals surface area contributed by atoms with Gasteiger partial charge in [0, 0.05) is 18.4 Å². The van der Waals surface area contributed by atoms with Gasteiger partial charge in [-0.05, 0) is 6.07 Å². The topological polar surface area (TPSA) is 73.9 Å². The van der Waals surface area contributed by atoms with Crippen LogP contribution in [0.15, 0.2) is 24.3 Å². The molecule has 1 aromatic carbocycles. The van der Waals surface area contributed by atoms with Crippen LogP contribution in [0, 0.1) is 0 Å². The quantitative estimate of drug-likeness (QED) is 0.884. The van der Waals surface area contributed by atoms with Crippen LogP contribution in [-0.2, 0) is 12.8 Å². The van der Waals surface area contributed by atoms with E-state index in [1.165, 1.54) is 0 Å². The third-order valence-electron chi connectivity index (χ3n) is 2.60. The number of benzene rings is 1. The van der Waals surface area contributed by atoms with E-state index in [9.17, 15) is 0 Å². The lowest BCUT2D eigenvalue weighted by Crippen LogP contribution is -2.07. The fourth-order valence-corrected chi connectivity index (χ4v) is 1.74. The fourth-order valence-electron chi connectivity index (χ4n) is 1.74. The Hall–Kier alpha value is -2.17. The van der Waals surface area contributed by atoms with E-state index in [0.717, 1.165) is 17.7 Å². The Balaban J connectivity index is 2.30. The van der Waals surface area contributed by atoms with Crippen molar-refractivity contribution in [1.29, 1.82) is 0 Å². The highest BCUT2D eigenvalue weighted by Gasteiger charge is 2.07. The van der Waals surface area contributed by atoms with Crippen LogP contribution >= 0.6 is 0 Å². The lowest BCUT2D eigenvalue weighted by molar-refractivity contribution is 0.410. The summed E-state index contributed by atoms with van der Waals surface area (Å²) >= 11 is 0. The Morgan fingerprint density at radius 1 is 1.11 bits per heavy atom. The molecule has 0 fully saturated rings. The summed E-state index contributed by atoms with van der Waals surface area (Å²) < 4.78 is 5.30. The van der Waals surface area contributed by atoms with Gasteiger partial charge >= 0.3 is 0 Å². The molecular weight excluding hydrogens is 228 g/mol. The molecular formula is C13H16N4O. The van der Waals surface area contributed by atoms with Crippen molar-refractivity contribution in [2.24, 2.45) is 0 Å². The summed E-state index contributed by atoms with van der Waals surface area (Å²) in [6.45, 7) is 1.99. The monoisotopic (exact) mass is 244 g/mol. The van der Waals surface area contributed by atoms with Gasteiger partial charge in [-0.25, -0.2) is 4.98 Å². The number of hydrogen-bond acceptors (Lipinski definition) is 5. The van der Waals surface area contributed by atoms with E-state index in [-0.39, 0.29) is 5.95 Å². The molecule has 18 heavy (non-hydrogen) atoms. The second-order valence-corrected chi connectivity index (χ2v) is 3.87. The van der Waals surface area contributed by atoms with Crippen LogP contribution in [0.25, 0.3) is 0 Å². The molecule has 5 heteroatoms. The smallest absolute Gasteiger partial charge is 0.223 e. The molecule has 2 rings (SSSR count). The predicted octanol–water partition coefficient (Wildman–Crippen LogP) is 1.62. The SMILES string of the molecule is CCc1nc(N)nc(Cc2ccccc2OC)n1. The molecule has 0 unspecified atom stereocenters. The Bertz CT molecular complexity index is 542. The lowest BCUT2D eigenvalue weighted by Gasteiger charge is -2.08. The molecule has 1 heterocycles. The highest BCUT2D eigenvalue weighted by molar-refractivity contribution is 5.35. The maximum absolute atomic E-state index is 5.67. The molecule has 0 bridgehead atoms. The number of rotatable bonds is 4. The second kappa shape index (κ2) is 5.44. The van der Waals surface area contributed by atoms with Gasteiger partial charge in [0.25, 0.3) is 0 Å². The third kappa shape index (κ3) is 2.74. The summed E-state index contributed by atoms with van der Waals surface area (Å²) in [4.78, 5) is 12.6. The van der Waals surface area contributed by atoms with E-state index in [1.54, 1.807) is 7.11 Å². The number of hydrogen-bond donors (Lipinski definition) is 1. The van der Waals surface area contributed by atoms with Gasteiger partial charge in [-0.15, -0.1) is 0 Å². The Morgan fingerprint density at radius 2 is 1.83 bits per heavy atom. The summed E-state index contributed by atoms with van der Waals surface area (Å²) in [6, 6.07) is 7.80. The van der Waals surface area contributed by atoms with Gasteiger partial charge < -0.3 is 10.5 Å². The maximum Gasteiger partial charge on any atom is 0.223 e. The lowest BCUT2D eigenvalue weighted by atomic mass is 10.1. The minimum atomic E-state index is 0.270. The molecule has 0 spiro atoms. The molecule has 0 aliphatic rings. The largest absolute Gasteiger partial charge is 0.496 e. The van der Waals surface area contributed by atoms with Crippen LogP contribution in [0.1, 0.15) is 24.1 Å². The summed E-state index contributed by atoms with van der Waals surface area (Å²) in [5, 5.41) is 0. The van der Waals surface area contributed by atoms with Gasteiger partial charge in [0.15, 0.2) is 0 Å². The fraction of sp³-hybridized carbons (Fsp3) is 0.308. The molecule has 1 aromatic heterocycles. The van der Waals surface area contributed by atoms with Gasteiger partial charge in [-0.1, -0.05) is 25.1 Å². The molecule has 0 aliphatic carbocycles. The molecule has 2 aromatic rings. The zero-order valence-electron chi connectivity index (χ0n) is 10.6. The van der Waals surface area contributed by atoms with E-state index >= 15 is 0 Å². The van der Waals surface area contributed by atoms with Crippen molar-refractivity contribution < 1.29 is 4.74 Å². The number of aromatic nitrogens is 3. The van der Waals surface area contributed by atoms with Crippen molar-refractivity contribution in [2.45, 2.75) is 19.8 Å². The van der Waals surface area contributed by atoms with Gasteiger partial charge in [0.2, 0.25) is 5.95 Å². The minimum Gasteiger partial charge on any atom is -0.496 e. The highest BCUT2D eigenvalue weighted by Crippen LogP contribution is 2.19. The molecule has 0 saturated heterocycles. The van der Waals surface area contributed by atoms with Crippen molar-refractivity contribution in [2.75, 3.05) is 12.8 Å². The number of methoxy groups -OCH3 is 1. The van der Waals surface area contributed by atoms with Gasteiger partial charge in [0.05, 0.1) is 7.11 Å². The van der Waals surface area contributed by atoms with E-state index < -0.39 is 0 Å². The Kier molecular flexibility index (Phi) is 3.72. The summed E-state index contributed by atoms with van der Waals surface area (Å²) in [6.07, 6.45) is 1.33. The molecule has 2 N–H and O–H groups in total. The van der Waals surface area contributed by atoms with Gasteiger partial charge in [-0.2, -0.15) is 9.97 Å². The standard InChI is InChI=1S/C13H16N4O/c1-3-11-15-12(17-13(14)16-11)8-9-6-4-5-7-10(9)18-2/h4-7H,3,8H2,1-2H3,(H2,14,15,16,17). The number of nitrogen functional groups attached to an aromatic ring is 1. The first-order valence-electron chi connectivity index (χ1n) is 5.84. The molecule has 0 saturated carbocycles. The van der Waals surface area contributed by atoms with Crippen molar-refractivity contribution in [1.82, 2.24) is 15.0 Å². The number of nitrogens with zero attached hydrogens (tertiary/aromatic N) is 3. The van der Waals surface area contributed by atoms with Crippen molar-refractivity contribution in [3.63, 3.8) is 0 Å². The first kappa shape index (κ1) is 12.3. The number of ether oxygens (including phenoxy) is 1. The zero-order valence-corrected chi connectivity index (χ0v) is 10.6. The number of anilines is 1. The molecule has 5 nitrogen and oxygen atoms in total. The summed E-state index contributed by atoms with van der Waals surface area (Å²) in [5.74, 6) is 2.48. The maximum atomic E-state index is 5.67. The minimum absolute atomic E-state index is 0.270. The average molecular weight is 244 g/mol. The van der Waals surface area contributed by atoms with Crippen LogP contribution < -0.4 is 10.5 Å². The number of aryl methyl sites for hydroxylation is 1.